The number of hydrogen-bond acceptors (Lipinski definition) is 2. The fourth-order valence-electron chi connectivity index (χ4n) is 2.41. The SMILES string of the molecule is CCC(CC)n1c(CCl)nc2cc(OC)ccc21. The molecular weight excluding hydrogens is 248 g/mol. The van der Waals surface area contributed by atoms with E-state index >= 15 is 0 Å². The number of halogens is 1. The average molecular weight is 267 g/mol. The van der Waals surface area contributed by atoms with Crippen LogP contribution in [0.4, 0.5) is 0 Å². The standard InChI is InChI=1S/C14H19ClN2O/c1-4-10(5-2)17-13-7-6-11(18-3)8-12(13)16-14(17)9-15/h6-8,10H,4-5,9H2,1-3H3. The number of aromatic nitrogens is 2. The van der Waals surface area contributed by atoms with Crippen molar-refractivity contribution >= 4 is 22.6 Å². The summed E-state index contributed by atoms with van der Waals surface area (Å²) in [5.41, 5.74) is 2.09. The van der Waals surface area contributed by atoms with E-state index in [1.807, 2.05) is 12.1 Å². The molecule has 2 rings (SSSR count). The lowest BCUT2D eigenvalue weighted by Gasteiger charge is -2.18. The van der Waals surface area contributed by atoms with Crippen LogP contribution in [0, 0.1) is 0 Å². The molecule has 0 aliphatic rings. The molecule has 3 nitrogen and oxygen atoms in total. The zero-order valence-corrected chi connectivity index (χ0v) is 11.9. The molecule has 0 bridgehead atoms. The first-order valence-electron chi connectivity index (χ1n) is 6.35. The molecule has 0 radical (unpaired) electrons. The first-order chi connectivity index (χ1) is 8.74. The van der Waals surface area contributed by atoms with E-state index in [0.717, 1.165) is 35.4 Å². The summed E-state index contributed by atoms with van der Waals surface area (Å²) in [5, 5.41) is 0. The number of nitrogens with zero attached hydrogens (tertiary/aromatic N) is 2. The number of alkyl halides is 1. The Morgan fingerprint density at radius 2 is 2.06 bits per heavy atom. The molecule has 0 aliphatic heterocycles. The van der Waals surface area contributed by atoms with Crippen LogP contribution < -0.4 is 4.74 Å². The molecule has 0 aliphatic carbocycles. The third kappa shape index (κ3) is 2.19. The van der Waals surface area contributed by atoms with Crippen molar-refractivity contribution in [2.75, 3.05) is 7.11 Å². The number of rotatable bonds is 5. The van der Waals surface area contributed by atoms with E-state index in [4.69, 9.17) is 16.3 Å². The Balaban J connectivity index is 2.62. The third-order valence-electron chi connectivity index (χ3n) is 3.40. The molecular formula is C14H19ClN2O. The van der Waals surface area contributed by atoms with Crippen molar-refractivity contribution in [3.8, 4) is 5.75 Å². The van der Waals surface area contributed by atoms with Gasteiger partial charge in [-0.05, 0) is 25.0 Å². The van der Waals surface area contributed by atoms with Crippen LogP contribution >= 0.6 is 11.6 Å². The normalized spacial score (nSPS) is 11.4. The van der Waals surface area contributed by atoms with Gasteiger partial charge in [0.05, 0.1) is 24.0 Å². The van der Waals surface area contributed by atoms with Crippen LogP contribution in [0.5, 0.6) is 5.75 Å². The highest BCUT2D eigenvalue weighted by Crippen LogP contribution is 2.28. The predicted octanol–water partition coefficient (Wildman–Crippen LogP) is 4.14. The summed E-state index contributed by atoms with van der Waals surface area (Å²) in [6.45, 7) is 4.39. The van der Waals surface area contributed by atoms with Crippen molar-refractivity contribution in [1.29, 1.82) is 0 Å². The van der Waals surface area contributed by atoms with Gasteiger partial charge >= 0.3 is 0 Å². The lowest BCUT2D eigenvalue weighted by molar-refractivity contribution is 0.415. The van der Waals surface area contributed by atoms with Gasteiger partial charge in [0, 0.05) is 12.1 Å². The molecule has 0 atom stereocenters. The molecule has 0 N–H and O–H groups in total. The molecule has 0 amide bonds. The second-order valence-electron chi connectivity index (χ2n) is 4.36. The first kappa shape index (κ1) is 13.2. The number of methoxy groups -OCH3 is 1. The smallest absolute Gasteiger partial charge is 0.125 e. The van der Waals surface area contributed by atoms with Crippen LogP contribution in [0.1, 0.15) is 38.6 Å². The molecule has 0 saturated heterocycles. The van der Waals surface area contributed by atoms with Crippen molar-refractivity contribution in [3.05, 3.63) is 24.0 Å². The van der Waals surface area contributed by atoms with Gasteiger partial charge in [-0.2, -0.15) is 0 Å². The Bertz CT molecular complexity index is 532. The maximum absolute atomic E-state index is 6.02. The molecule has 0 spiro atoms. The second kappa shape index (κ2) is 5.61. The zero-order chi connectivity index (χ0) is 13.1. The van der Waals surface area contributed by atoms with Crippen molar-refractivity contribution < 1.29 is 4.74 Å². The molecule has 1 aromatic carbocycles. The van der Waals surface area contributed by atoms with Gasteiger partial charge in [-0.1, -0.05) is 13.8 Å². The van der Waals surface area contributed by atoms with Gasteiger partial charge in [0.1, 0.15) is 11.6 Å². The Morgan fingerprint density at radius 3 is 2.61 bits per heavy atom. The van der Waals surface area contributed by atoms with Gasteiger partial charge in [-0.15, -0.1) is 11.6 Å². The van der Waals surface area contributed by atoms with Gasteiger partial charge in [0.25, 0.3) is 0 Å². The number of hydrogen-bond donors (Lipinski definition) is 0. The van der Waals surface area contributed by atoms with Gasteiger partial charge in [0.2, 0.25) is 0 Å². The minimum Gasteiger partial charge on any atom is -0.497 e. The highest BCUT2D eigenvalue weighted by molar-refractivity contribution is 6.16. The minimum absolute atomic E-state index is 0.438. The predicted molar refractivity (Wildman–Crippen MR) is 75.5 cm³/mol. The highest BCUT2D eigenvalue weighted by atomic mass is 35.5. The van der Waals surface area contributed by atoms with Gasteiger partial charge in [-0.25, -0.2) is 4.98 Å². The second-order valence-corrected chi connectivity index (χ2v) is 4.62. The van der Waals surface area contributed by atoms with Crippen molar-refractivity contribution in [2.24, 2.45) is 0 Å². The van der Waals surface area contributed by atoms with E-state index in [1.54, 1.807) is 7.11 Å². The lowest BCUT2D eigenvalue weighted by Crippen LogP contribution is -2.09. The molecule has 98 valence electrons. The molecule has 2 aromatic rings. The summed E-state index contributed by atoms with van der Waals surface area (Å²) in [4.78, 5) is 4.61. The van der Waals surface area contributed by atoms with Crippen molar-refractivity contribution in [2.45, 2.75) is 38.6 Å². The van der Waals surface area contributed by atoms with Gasteiger partial charge < -0.3 is 9.30 Å². The Kier molecular flexibility index (Phi) is 4.12. The summed E-state index contributed by atoms with van der Waals surface area (Å²) in [5.74, 6) is 2.21. The summed E-state index contributed by atoms with van der Waals surface area (Å²) in [6, 6.07) is 6.46. The number of benzene rings is 1. The van der Waals surface area contributed by atoms with Crippen LogP contribution in [0.15, 0.2) is 18.2 Å². The van der Waals surface area contributed by atoms with Crippen LogP contribution in [0.25, 0.3) is 11.0 Å². The first-order valence-corrected chi connectivity index (χ1v) is 6.89. The average Bonchev–Trinajstić information content (AvgIpc) is 2.78. The number of ether oxygens (including phenoxy) is 1. The van der Waals surface area contributed by atoms with Crippen molar-refractivity contribution in [1.82, 2.24) is 9.55 Å². The third-order valence-corrected chi connectivity index (χ3v) is 3.64. The molecule has 4 heteroatoms. The zero-order valence-electron chi connectivity index (χ0n) is 11.1. The summed E-state index contributed by atoms with van der Waals surface area (Å²) >= 11 is 6.02. The monoisotopic (exact) mass is 266 g/mol. The van der Waals surface area contributed by atoms with E-state index in [1.165, 1.54) is 0 Å². The van der Waals surface area contributed by atoms with Gasteiger partial charge in [0.15, 0.2) is 0 Å². The Morgan fingerprint density at radius 1 is 1.33 bits per heavy atom. The van der Waals surface area contributed by atoms with E-state index in [0.29, 0.717) is 11.9 Å². The van der Waals surface area contributed by atoms with Crippen LogP contribution in [-0.4, -0.2) is 16.7 Å². The maximum Gasteiger partial charge on any atom is 0.125 e. The Labute approximate surface area is 113 Å². The van der Waals surface area contributed by atoms with E-state index in [9.17, 15) is 0 Å². The maximum atomic E-state index is 6.02. The molecule has 0 saturated carbocycles. The fraction of sp³-hybridized carbons (Fsp3) is 0.500. The van der Waals surface area contributed by atoms with Crippen molar-refractivity contribution in [3.63, 3.8) is 0 Å². The Hall–Kier alpha value is -1.22. The molecule has 0 unspecified atom stereocenters. The van der Waals surface area contributed by atoms with E-state index in [2.05, 4.69) is 29.5 Å². The quantitative estimate of drug-likeness (QED) is 0.761. The fourth-order valence-corrected chi connectivity index (χ4v) is 2.60. The summed E-state index contributed by atoms with van der Waals surface area (Å²) in [6.07, 6.45) is 2.16. The van der Waals surface area contributed by atoms with Crippen LogP contribution in [0.3, 0.4) is 0 Å². The molecule has 18 heavy (non-hydrogen) atoms. The topological polar surface area (TPSA) is 27.1 Å². The minimum atomic E-state index is 0.438. The van der Waals surface area contributed by atoms with Crippen LogP contribution in [-0.2, 0) is 5.88 Å². The summed E-state index contributed by atoms with van der Waals surface area (Å²) < 4.78 is 7.50. The molecule has 0 fully saturated rings. The van der Waals surface area contributed by atoms with E-state index < -0.39 is 0 Å². The highest BCUT2D eigenvalue weighted by Gasteiger charge is 2.16. The lowest BCUT2D eigenvalue weighted by atomic mass is 10.1. The molecule has 1 heterocycles. The molecule has 1 aromatic heterocycles. The van der Waals surface area contributed by atoms with Crippen LogP contribution in [0.2, 0.25) is 0 Å². The number of fused-ring (bicyclic) bond motifs is 1. The van der Waals surface area contributed by atoms with Gasteiger partial charge in [-0.3, -0.25) is 0 Å². The number of imidazole rings is 1. The largest absolute Gasteiger partial charge is 0.497 e. The summed E-state index contributed by atoms with van der Waals surface area (Å²) in [7, 11) is 1.67. The van der Waals surface area contributed by atoms with E-state index in [-0.39, 0.29) is 0 Å².